The van der Waals surface area contributed by atoms with Gasteiger partial charge in [-0.1, -0.05) is 20.3 Å². The Hall–Kier alpha value is -0.340. The van der Waals surface area contributed by atoms with Crippen molar-refractivity contribution in [2.75, 3.05) is 6.54 Å². The van der Waals surface area contributed by atoms with Crippen LogP contribution in [0.25, 0.3) is 0 Å². The topological polar surface area (TPSA) is 12.0 Å². The minimum absolute atomic E-state index is 0.608. The van der Waals surface area contributed by atoms with Gasteiger partial charge in [0.1, 0.15) is 0 Å². The summed E-state index contributed by atoms with van der Waals surface area (Å²) in [6.45, 7) is 5.78. The van der Waals surface area contributed by atoms with Crippen molar-refractivity contribution in [1.82, 2.24) is 5.32 Å². The molecule has 0 radical (unpaired) electrons. The maximum absolute atomic E-state index is 3.74. The molecule has 1 aromatic rings. The van der Waals surface area contributed by atoms with Crippen molar-refractivity contribution in [3.63, 3.8) is 0 Å². The van der Waals surface area contributed by atoms with Crippen molar-refractivity contribution in [2.45, 2.75) is 45.6 Å². The standard InChI is InChI=1S/C14H23NS/c1-3-7-15-14(13-6-8-16-10-13)12-5-4-11(2)9-12/h6,8,10-12,14-15H,3-5,7,9H2,1-2H3. The van der Waals surface area contributed by atoms with Crippen LogP contribution < -0.4 is 5.32 Å². The Labute approximate surface area is 103 Å². The van der Waals surface area contributed by atoms with Gasteiger partial charge in [-0.2, -0.15) is 11.3 Å². The van der Waals surface area contributed by atoms with Crippen LogP contribution in [0, 0.1) is 11.8 Å². The van der Waals surface area contributed by atoms with Crippen LogP contribution in [0.5, 0.6) is 0 Å². The van der Waals surface area contributed by atoms with Crippen LogP contribution >= 0.6 is 11.3 Å². The van der Waals surface area contributed by atoms with Gasteiger partial charge in [-0.05, 0) is 60.0 Å². The molecule has 1 N–H and O–H groups in total. The molecule has 0 aromatic carbocycles. The van der Waals surface area contributed by atoms with E-state index < -0.39 is 0 Å². The van der Waals surface area contributed by atoms with Crippen molar-refractivity contribution in [2.24, 2.45) is 11.8 Å². The highest BCUT2D eigenvalue weighted by Gasteiger charge is 2.29. The van der Waals surface area contributed by atoms with Crippen LogP contribution in [-0.4, -0.2) is 6.54 Å². The first-order valence-corrected chi connectivity index (χ1v) is 7.51. The fourth-order valence-electron chi connectivity index (χ4n) is 2.86. The largest absolute Gasteiger partial charge is 0.310 e. The molecule has 16 heavy (non-hydrogen) atoms. The Bertz CT molecular complexity index is 294. The molecule has 1 nitrogen and oxygen atoms in total. The molecular formula is C14H23NS. The molecular weight excluding hydrogens is 214 g/mol. The quantitative estimate of drug-likeness (QED) is 0.808. The predicted molar refractivity (Wildman–Crippen MR) is 71.9 cm³/mol. The summed E-state index contributed by atoms with van der Waals surface area (Å²) < 4.78 is 0. The fraction of sp³-hybridized carbons (Fsp3) is 0.714. The summed E-state index contributed by atoms with van der Waals surface area (Å²) in [5.74, 6) is 1.78. The number of rotatable bonds is 5. The molecule has 1 aromatic heterocycles. The molecule has 0 aliphatic heterocycles. The third-order valence-electron chi connectivity index (χ3n) is 3.72. The Kier molecular flexibility index (Phi) is 4.42. The van der Waals surface area contributed by atoms with Gasteiger partial charge >= 0.3 is 0 Å². The van der Waals surface area contributed by atoms with Crippen molar-refractivity contribution in [3.05, 3.63) is 22.4 Å². The van der Waals surface area contributed by atoms with Crippen LogP contribution in [0.2, 0.25) is 0 Å². The second-order valence-corrected chi connectivity index (χ2v) is 5.95. The van der Waals surface area contributed by atoms with Gasteiger partial charge in [-0.25, -0.2) is 0 Å². The van der Waals surface area contributed by atoms with E-state index in [4.69, 9.17) is 0 Å². The number of hydrogen-bond acceptors (Lipinski definition) is 2. The lowest BCUT2D eigenvalue weighted by molar-refractivity contribution is 0.360. The van der Waals surface area contributed by atoms with E-state index in [9.17, 15) is 0 Å². The fourth-order valence-corrected chi connectivity index (χ4v) is 3.56. The van der Waals surface area contributed by atoms with Gasteiger partial charge in [-0.3, -0.25) is 0 Å². The molecule has 0 amide bonds. The Morgan fingerprint density at radius 2 is 2.38 bits per heavy atom. The first-order valence-electron chi connectivity index (χ1n) is 6.56. The molecule has 90 valence electrons. The van der Waals surface area contributed by atoms with Gasteiger partial charge in [0.2, 0.25) is 0 Å². The predicted octanol–water partition coefficient (Wildman–Crippen LogP) is 4.23. The van der Waals surface area contributed by atoms with E-state index in [-0.39, 0.29) is 0 Å². The van der Waals surface area contributed by atoms with E-state index in [1.807, 2.05) is 11.3 Å². The smallest absolute Gasteiger partial charge is 0.0357 e. The summed E-state index contributed by atoms with van der Waals surface area (Å²) in [6.07, 6.45) is 5.44. The van der Waals surface area contributed by atoms with E-state index in [0.29, 0.717) is 6.04 Å². The van der Waals surface area contributed by atoms with Crippen LogP contribution in [0.15, 0.2) is 16.8 Å². The van der Waals surface area contributed by atoms with E-state index in [2.05, 4.69) is 36.0 Å². The zero-order chi connectivity index (χ0) is 11.4. The van der Waals surface area contributed by atoms with Crippen LogP contribution in [0.4, 0.5) is 0 Å². The van der Waals surface area contributed by atoms with E-state index in [0.717, 1.165) is 18.4 Å². The molecule has 0 spiro atoms. The summed E-state index contributed by atoms with van der Waals surface area (Å²) in [4.78, 5) is 0. The molecule has 1 heterocycles. The second-order valence-electron chi connectivity index (χ2n) is 5.17. The van der Waals surface area contributed by atoms with Gasteiger partial charge in [0, 0.05) is 6.04 Å². The average Bonchev–Trinajstić information content (AvgIpc) is 2.91. The summed E-state index contributed by atoms with van der Waals surface area (Å²) in [5.41, 5.74) is 1.51. The Morgan fingerprint density at radius 1 is 1.50 bits per heavy atom. The lowest BCUT2D eigenvalue weighted by Gasteiger charge is -2.24. The number of nitrogens with one attached hydrogen (secondary N) is 1. The molecule has 1 saturated carbocycles. The van der Waals surface area contributed by atoms with Gasteiger partial charge in [0.05, 0.1) is 0 Å². The number of thiophene rings is 1. The molecule has 0 saturated heterocycles. The summed E-state index contributed by atoms with van der Waals surface area (Å²) in [7, 11) is 0. The minimum Gasteiger partial charge on any atom is -0.310 e. The van der Waals surface area contributed by atoms with Crippen molar-refractivity contribution >= 4 is 11.3 Å². The molecule has 0 bridgehead atoms. The molecule has 2 rings (SSSR count). The molecule has 1 fully saturated rings. The SMILES string of the molecule is CCCNC(c1ccsc1)C1CCC(C)C1. The molecule has 1 aliphatic carbocycles. The highest BCUT2D eigenvalue weighted by atomic mass is 32.1. The first-order chi connectivity index (χ1) is 7.81. The average molecular weight is 237 g/mol. The Balaban J connectivity index is 2.02. The van der Waals surface area contributed by atoms with Gasteiger partial charge in [0.15, 0.2) is 0 Å². The summed E-state index contributed by atoms with van der Waals surface area (Å²) in [6, 6.07) is 2.90. The summed E-state index contributed by atoms with van der Waals surface area (Å²) >= 11 is 1.82. The molecule has 3 atom stereocenters. The van der Waals surface area contributed by atoms with Crippen molar-refractivity contribution in [1.29, 1.82) is 0 Å². The van der Waals surface area contributed by atoms with Gasteiger partial charge in [0.25, 0.3) is 0 Å². The minimum atomic E-state index is 0.608. The Morgan fingerprint density at radius 3 is 2.94 bits per heavy atom. The highest BCUT2D eigenvalue weighted by molar-refractivity contribution is 7.07. The van der Waals surface area contributed by atoms with Crippen LogP contribution in [0.3, 0.4) is 0 Å². The van der Waals surface area contributed by atoms with Gasteiger partial charge < -0.3 is 5.32 Å². The maximum atomic E-state index is 3.74. The molecule has 3 unspecified atom stereocenters. The monoisotopic (exact) mass is 237 g/mol. The van der Waals surface area contributed by atoms with E-state index in [1.54, 1.807) is 0 Å². The first kappa shape index (κ1) is 12.1. The zero-order valence-electron chi connectivity index (χ0n) is 10.4. The third kappa shape index (κ3) is 2.86. The lowest BCUT2D eigenvalue weighted by atomic mass is 9.92. The summed E-state index contributed by atoms with van der Waals surface area (Å²) in [5, 5.41) is 8.26. The third-order valence-corrected chi connectivity index (χ3v) is 4.42. The normalized spacial score (nSPS) is 27.1. The van der Waals surface area contributed by atoms with Crippen molar-refractivity contribution in [3.8, 4) is 0 Å². The van der Waals surface area contributed by atoms with Crippen molar-refractivity contribution < 1.29 is 0 Å². The highest BCUT2D eigenvalue weighted by Crippen LogP contribution is 2.39. The van der Waals surface area contributed by atoms with Crippen LogP contribution in [-0.2, 0) is 0 Å². The van der Waals surface area contributed by atoms with E-state index in [1.165, 1.54) is 31.2 Å². The van der Waals surface area contributed by atoms with Gasteiger partial charge in [-0.15, -0.1) is 0 Å². The second kappa shape index (κ2) is 5.83. The van der Waals surface area contributed by atoms with Crippen LogP contribution in [0.1, 0.15) is 51.1 Å². The maximum Gasteiger partial charge on any atom is 0.0357 e. The number of hydrogen-bond donors (Lipinski definition) is 1. The lowest BCUT2D eigenvalue weighted by Crippen LogP contribution is -2.27. The molecule has 1 aliphatic rings. The van der Waals surface area contributed by atoms with E-state index >= 15 is 0 Å². The zero-order valence-corrected chi connectivity index (χ0v) is 11.2. The molecule has 2 heteroatoms.